The minimum atomic E-state index is -3.54. The van der Waals surface area contributed by atoms with Gasteiger partial charge in [-0.1, -0.05) is 19.1 Å². The molecule has 0 amide bonds. The van der Waals surface area contributed by atoms with Gasteiger partial charge >= 0.3 is 0 Å². The quantitative estimate of drug-likeness (QED) is 0.817. The van der Waals surface area contributed by atoms with Gasteiger partial charge in [0, 0.05) is 6.61 Å². The van der Waals surface area contributed by atoms with E-state index in [2.05, 4.69) is 4.72 Å². The van der Waals surface area contributed by atoms with Gasteiger partial charge in [0.05, 0.1) is 17.0 Å². The molecule has 5 nitrogen and oxygen atoms in total. The summed E-state index contributed by atoms with van der Waals surface area (Å²) in [5.41, 5.74) is 0.535. The van der Waals surface area contributed by atoms with Crippen LogP contribution in [0.1, 0.15) is 12.5 Å². The van der Waals surface area contributed by atoms with Gasteiger partial charge in [0.25, 0.3) is 0 Å². The van der Waals surface area contributed by atoms with Crippen LogP contribution in [-0.4, -0.2) is 25.9 Å². The Balaban J connectivity index is 2.88. The van der Waals surface area contributed by atoms with E-state index in [4.69, 9.17) is 10.4 Å². The van der Waals surface area contributed by atoms with Gasteiger partial charge in [-0.3, -0.25) is 4.72 Å². The minimum Gasteiger partial charge on any atom is -0.396 e. The Bertz CT molecular complexity index is 520. The summed E-state index contributed by atoms with van der Waals surface area (Å²) >= 11 is 0. The third kappa shape index (κ3) is 4.06. The summed E-state index contributed by atoms with van der Waals surface area (Å²) in [6, 6.07) is 8.28. The number of benzene rings is 1. The van der Waals surface area contributed by atoms with Gasteiger partial charge in [-0.15, -0.1) is 0 Å². The molecule has 0 saturated carbocycles. The highest BCUT2D eigenvalue weighted by Crippen LogP contribution is 2.16. The molecule has 0 saturated heterocycles. The fraction of sp³-hybridized carbons (Fsp3) is 0.364. The predicted octanol–water partition coefficient (Wildman–Crippen LogP) is 0.928. The molecule has 1 atom stereocenters. The number of para-hydroxylation sites is 1. The van der Waals surface area contributed by atoms with E-state index in [-0.39, 0.29) is 29.5 Å². The number of nitriles is 1. The monoisotopic (exact) mass is 254 g/mol. The lowest BCUT2D eigenvalue weighted by atomic mass is 10.2. The molecular formula is C11H14N2O3S. The van der Waals surface area contributed by atoms with E-state index in [0.29, 0.717) is 0 Å². The lowest BCUT2D eigenvalue weighted by molar-refractivity contribution is 0.249. The summed E-state index contributed by atoms with van der Waals surface area (Å²) in [6.45, 7) is 1.44. The van der Waals surface area contributed by atoms with Crippen molar-refractivity contribution in [3.05, 3.63) is 29.8 Å². The summed E-state index contributed by atoms with van der Waals surface area (Å²) in [7, 11) is -3.54. The van der Waals surface area contributed by atoms with Crippen molar-refractivity contribution in [2.24, 2.45) is 5.92 Å². The summed E-state index contributed by atoms with van der Waals surface area (Å²) in [5.74, 6) is -0.523. The number of nitrogens with zero attached hydrogens (tertiary/aromatic N) is 1. The number of nitrogens with one attached hydrogen (secondary N) is 1. The van der Waals surface area contributed by atoms with Gasteiger partial charge in [-0.2, -0.15) is 5.26 Å². The summed E-state index contributed by atoms with van der Waals surface area (Å²) < 4.78 is 25.8. The number of sulfonamides is 1. The fourth-order valence-corrected chi connectivity index (χ4v) is 2.76. The van der Waals surface area contributed by atoms with Crippen LogP contribution in [0.3, 0.4) is 0 Å². The van der Waals surface area contributed by atoms with Crippen LogP contribution >= 0.6 is 0 Å². The lowest BCUT2D eigenvalue weighted by Crippen LogP contribution is -2.23. The second kappa shape index (κ2) is 5.66. The third-order valence-corrected chi connectivity index (χ3v) is 3.67. The highest BCUT2D eigenvalue weighted by molar-refractivity contribution is 7.92. The number of rotatable bonds is 5. The Morgan fingerprint density at radius 1 is 1.47 bits per heavy atom. The second-order valence-electron chi connectivity index (χ2n) is 3.83. The van der Waals surface area contributed by atoms with Gasteiger partial charge in [0.1, 0.15) is 6.07 Å². The van der Waals surface area contributed by atoms with Crippen LogP contribution in [0.25, 0.3) is 0 Å². The largest absolute Gasteiger partial charge is 0.396 e. The normalized spacial score (nSPS) is 12.8. The first-order chi connectivity index (χ1) is 7.98. The Hall–Kier alpha value is -1.58. The zero-order chi connectivity index (χ0) is 12.9. The molecule has 17 heavy (non-hydrogen) atoms. The molecule has 0 radical (unpaired) electrons. The van der Waals surface area contributed by atoms with Gasteiger partial charge < -0.3 is 5.11 Å². The summed E-state index contributed by atoms with van der Waals surface area (Å²) in [5, 5.41) is 17.6. The zero-order valence-corrected chi connectivity index (χ0v) is 10.2. The van der Waals surface area contributed by atoms with E-state index in [9.17, 15) is 8.42 Å². The summed E-state index contributed by atoms with van der Waals surface area (Å²) in [6.07, 6.45) is 0. The van der Waals surface area contributed by atoms with Crippen molar-refractivity contribution < 1.29 is 13.5 Å². The first-order valence-electron chi connectivity index (χ1n) is 5.09. The first kappa shape index (κ1) is 13.5. The van der Waals surface area contributed by atoms with Crippen molar-refractivity contribution in [1.82, 2.24) is 0 Å². The van der Waals surface area contributed by atoms with Crippen LogP contribution < -0.4 is 4.72 Å². The smallest absolute Gasteiger partial charge is 0.233 e. The van der Waals surface area contributed by atoms with Gasteiger partial charge in [-0.25, -0.2) is 8.42 Å². The molecule has 0 aliphatic rings. The molecule has 0 bridgehead atoms. The maximum Gasteiger partial charge on any atom is 0.233 e. The molecule has 6 heteroatoms. The van der Waals surface area contributed by atoms with E-state index in [0.717, 1.165) is 0 Å². The molecule has 0 heterocycles. The third-order valence-electron chi connectivity index (χ3n) is 2.13. The molecule has 1 aromatic rings. The van der Waals surface area contributed by atoms with Crippen LogP contribution in [0.5, 0.6) is 0 Å². The van der Waals surface area contributed by atoms with Crippen LogP contribution in [-0.2, 0) is 10.0 Å². The number of aliphatic hydroxyl groups is 1. The van der Waals surface area contributed by atoms with Crippen molar-refractivity contribution in [3.63, 3.8) is 0 Å². The highest BCUT2D eigenvalue weighted by atomic mass is 32.2. The van der Waals surface area contributed by atoms with Crippen molar-refractivity contribution in [3.8, 4) is 6.07 Å². The molecule has 0 aliphatic carbocycles. The average Bonchev–Trinajstić information content (AvgIpc) is 2.28. The first-order valence-corrected chi connectivity index (χ1v) is 6.74. The highest BCUT2D eigenvalue weighted by Gasteiger charge is 2.16. The SMILES string of the molecule is CC(CO)CS(=O)(=O)Nc1ccccc1C#N. The van der Waals surface area contributed by atoms with E-state index < -0.39 is 10.0 Å². The van der Waals surface area contributed by atoms with Gasteiger partial charge in [-0.05, 0) is 18.1 Å². The Kier molecular flexibility index (Phi) is 4.49. The van der Waals surface area contributed by atoms with Gasteiger partial charge in [0.2, 0.25) is 10.0 Å². The molecule has 1 aromatic carbocycles. The van der Waals surface area contributed by atoms with Crippen molar-refractivity contribution in [2.45, 2.75) is 6.92 Å². The Morgan fingerprint density at radius 2 is 2.12 bits per heavy atom. The average molecular weight is 254 g/mol. The predicted molar refractivity (Wildman–Crippen MR) is 64.8 cm³/mol. The topological polar surface area (TPSA) is 90.2 Å². The second-order valence-corrected chi connectivity index (χ2v) is 5.60. The van der Waals surface area contributed by atoms with E-state index in [1.165, 1.54) is 12.1 Å². The summed E-state index contributed by atoms with van der Waals surface area (Å²) in [4.78, 5) is 0. The molecule has 1 unspecified atom stereocenters. The number of hydrogen-bond donors (Lipinski definition) is 2. The zero-order valence-electron chi connectivity index (χ0n) is 9.42. The number of aliphatic hydroxyl groups excluding tert-OH is 1. The number of anilines is 1. The molecule has 0 aromatic heterocycles. The Labute approximate surface area is 101 Å². The van der Waals surface area contributed by atoms with E-state index in [1.807, 2.05) is 6.07 Å². The molecule has 92 valence electrons. The number of hydrogen-bond acceptors (Lipinski definition) is 4. The van der Waals surface area contributed by atoms with Crippen LogP contribution in [0.4, 0.5) is 5.69 Å². The molecular weight excluding hydrogens is 240 g/mol. The fourth-order valence-electron chi connectivity index (χ4n) is 1.31. The van der Waals surface area contributed by atoms with Crippen LogP contribution in [0.15, 0.2) is 24.3 Å². The van der Waals surface area contributed by atoms with Crippen molar-refractivity contribution in [2.75, 3.05) is 17.1 Å². The molecule has 0 spiro atoms. The molecule has 0 aliphatic heterocycles. The molecule has 1 rings (SSSR count). The van der Waals surface area contributed by atoms with Crippen molar-refractivity contribution >= 4 is 15.7 Å². The molecule has 2 N–H and O–H groups in total. The standard InChI is InChI=1S/C11H14N2O3S/c1-9(7-14)8-17(15,16)13-11-5-3-2-4-10(11)6-12/h2-5,9,13-14H,7-8H2,1H3. The van der Waals surface area contributed by atoms with E-state index >= 15 is 0 Å². The lowest BCUT2D eigenvalue weighted by Gasteiger charge is -2.11. The van der Waals surface area contributed by atoms with Crippen LogP contribution in [0, 0.1) is 17.2 Å². The van der Waals surface area contributed by atoms with Crippen molar-refractivity contribution in [1.29, 1.82) is 5.26 Å². The van der Waals surface area contributed by atoms with E-state index in [1.54, 1.807) is 19.1 Å². The maximum atomic E-state index is 11.7. The molecule has 0 fully saturated rings. The Morgan fingerprint density at radius 3 is 2.71 bits per heavy atom. The van der Waals surface area contributed by atoms with Gasteiger partial charge in [0.15, 0.2) is 0 Å². The van der Waals surface area contributed by atoms with Crippen LogP contribution in [0.2, 0.25) is 0 Å². The maximum absolute atomic E-state index is 11.7. The minimum absolute atomic E-state index is 0.177.